The largest absolute Gasteiger partial charge is 0.477 e. The van der Waals surface area contributed by atoms with Crippen LogP contribution in [0.4, 0.5) is 4.39 Å². The first-order chi connectivity index (χ1) is 17.5. The number of carboxylic acids is 1. The first-order valence-electron chi connectivity index (χ1n) is 12.1. The van der Waals surface area contributed by atoms with Crippen LogP contribution in [0.1, 0.15) is 53.7 Å². The number of halogens is 1. The van der Waals surface area contributed by atoms with Crippen molar-refractivity contribution < 1.29 is 19.1 Å². The number of fused-ring (bicyclic) bond motifs is 1. The van der Waals surface area contributed by atoms with Gasteiger partial charge in [0.1, 0.15) is 5.69 Å². The van der Waals surface area contributed by atoms with Gasteiger partial charge in [0.15, 0.2) is 5.82 Å². The maximum Gasteiger partial charge on any atom is 0.352 e. The summed E-state index contributed by atoms with van der Waals surface area (Å²) < 4.78 is 17.5. The lowest BCUT2D eigenvalue weighted by Gasteiger charge is -2.33. The van der Waals surface area contributed by atoms with E-state index < -0.39 is 11.8 Å². The highest BCUT2D eigenvalue weighted by atomic mass is 19.1. The number of amides is 1. The Labute approximate surface area is 207 Å². The molecule has 1 amide bonds. The van der Waals surface area contributed by atoms with Gasteiger partial charge in [-0.3, -0.25) is 14.5 Å². The highest BCUT2D eigenvalue weighted by Gasteiger charge is 2.29. The zero-order valence-corrected chi connectivity index (χ0v) is 19.9. The summed E-state index contributed by atoms with van der Waals surface area (Å²) in [7, 11) is 0. The van der Waals surface area contributed by atoms with Crippen LogP contribution in [0.25, 0.3) is 22.0 Å². The third kappa shape index (κ3) is 4.46. The van der Waals surface area contributed by atoms with Crippen molar-refractivity contribution in [1.82, 2.24) is 29.9 Å². The van der Waals surface area contributed by atoms with E-state index in [0.29, 0.717) is 30.6 Å². The lowest BCUT2D eigenvalue weighted by molar-refractivity contribution is -0.132. The van der Waals surface area contributed by atoms with E-state index in [-0.39, 0.29) is 29.5 Å². The number of nitrogens with one attached hydrogen (secondary N) is 1. The summed E-state index contributed by atoms with van der Waals surface area (Å²) in [5.74, 6) is -1.84. The molecule has 1 aliphatic heterocycles. The minimum absolute atomic E-state index is 0.00882. The van der Waals surface area contributed by atoms with E-state index in [0.717, 1.165) is 36.0 Å². The van der Waals surface area contributed by atoms with Crippen molar-refractivity contribution in [1.29, 1.82) is 0 Å². The number of H-pyrrole nitrogens is 1. The summed E-state index contributed by atoms with van der Waals surface area (Å²) in [6, 6.07) is 5.22. The van der Waals surface area contributed by atoms with Crippen molar-refractivity contribution in [3.05, 3.63) is 65.6 Å². The molecule has 2 N–H and O–H groups in total. The number of rotatable bonds is 7. The Kier molecular flexibility index (Phi) is 6.49. The van der Waals surface area contributed by atoms with Crippen molar-refractivity contribution in [3.8, 4) is 11.1 Å². The number of aromatic carboxylic acids is 1. The van der Waals surface area contributed by atoms with Crippen LogP contribution in [0.5, 0.6) is 0 Å². The zero-order chi connectivity index (χ0) is 25.2. The number of piperidine rings is 1. The summed E-state index contributed by atoms with van der Waals surface area (Å²) in [5.41, 5.74) is 3.20. The summed E-state index contributed by atoms with van der Waals surface area (Å²) in [4.78, 5) is 33.4. The topological polar surface area (TPSA) is 117 Å². The van der Waals surface area contributed by atoms with E-state index in [1.807, 2.05) is 19.1 Å². The number of hydrogen-bond acceptors (Lipinski definition) is 5. The van der Waals surface area contributed by atoms with Crippen LogP contribution in [0, 0.1) is 5.82 Å². The van der Waals surface area contributed by atoms with Crippen LogP contribution in [-0.2, 0) is 17.8 Å². The van der Waals surface area contributed by atoms with E-state index in [1.54, 1.807) is 34.4 Å². The predicted octanol–water partition coefficient (Wildman–Crippen LogP) is 4.02. The summed E-state index contributed by atoms with van der Waals surface area (Å²) in [5, 5.41) is 17.7. The second-order valence-corrected chi connectivity index (χ2v) is 9.09. The van der Waals surface area contributed by atoms with Gasteiger partial charge in [-0.25, -0.2) is 9.18 Å². The molecule has 9 nitrogen and oxygen atoms in total. The molecule has 36 heavy (non-hydrogen) atoms. The minimum atomic E-state index is -1.15. The van der Waals surface area contributed by atoms with Crippen molar-refractivity contribution in [3.63, 3.8) is 0 Å². The average Bonchev–Trinajstić information content (AvgIpc) is 3.58. The van der Waals surface area contributed by atoms with E-state index in [1.165, 1.54) is 6.07 Å². The van der Waals surface area contributed by atoms with Crippen molar-refractivity contribution in [2.24, 2.45) is 0 Å². The molecule has 4 aromatic rings. The first-order valence-corrected chi connectivity index (χ1v) is 12.1. The normalized spacial score (nSPS) is 15.9. The molecule has 4 heterocycles. The predicted molar refractivity (Wildman–Crippen MR) is 131 cm³/mol. The molecule has 1 saturated heterocycles. The van der Waals surface area contributed by atoms with Crippen molar-refractivity contribution in [2.45, 2.75) is 45.1 Å². The third-order valence-corrected chi connectivity index (χ3v) is 6.93. The molecule has 3 aromatic heterocycles. The second kappa shape index (κ2) is 9.88. The number of nitrogens with zero attached hydrogens (tertiary/aromatic N) is 5. The average molecular weight is 491 g/mol. The van der Waals surface area contributed by atoms with Gasteiger partial charge in [0.25, 0.3) is 0 Å². The molecule has 0 spiro atoms. The lowest BCUT2D eigenvalue weighted by atomic mass is 9.86. The number of carbonyl (C=O) groups is 2. The number of carbonyl (C=O) groups excluding carboxylic acids is 1. The number of aromatic amines is 1. The molecular formula is C26H27FN6O3. The number of pyridine rings is 1. The Morgan fingerprint density at radius 3 is 2.86 bits per heavy atom. The Hall–Kier alpha value is -4.08. The Bertz CT molecular complexity index is 1410. The van der Waals surface area contributed by atoms with Crippen molar-refractivity contribution >= 4 is 22.8 Å². The van der Waals surface area contributed by atoms with E-state index in [4.69, 9.17) is 0 Å². The van der Waals surface area contributed by atoms with Gasteiger partial charge >= 0.3 is 5.97 Å². The fraction of sp³-hybridized carbons (Fsp3) is 0.346. The number of aromatic nitrogens is 5. The van der Waals surface area contributed by atoms with Crippen LogP contribution in [0.3, 0.4) is 0 Å². The fourth-order valence-electron chi connectivity index (χ4n) is 5.07. The van der Waals surface area contributed by atoms with Crippen LogP contribution in [0.15, 0.2) is 43.0 Å². The molecule has 1 atom stereocenters. The van der Waals surface area contributed by atoms with Gasteiger partial charge in [-0.05, 0) is 54.2 Å². The van der Waals surface area contributed by atoms with E-state index in [2.05, 4.69) is 20.3 Å². The van der Waals surface area contributed by atoms with Gasteiger partial charge in [-0.2, -0.15) is 0 Å². The zero-order valence-electron chi connectivity index (χ0n) is 19.9. The highest BCUT2D eigenvalue weighted by molar-refractivity contribution is 6.02. The van der Waals surface area contributed by atoms with Gasteiger partial charge in [0, 0.05) is 55.0 Å². The van der Waals surface area contributed by atoms with Crippen LogP contribution < -0.4 is 0 Å². The third-order valence-electron chi connectivity index (χ3n) is 6.93. The van der Waals surface area contributed by atoms with Gasteiger partial charge < -0.3 is 15.0 Å². The minimum Gasteiger partial charge on any atom is -0.477 e. The number of benzene rings is 1. The smallest absolute Gasteiger partial charge is 0.352 e. The molecule has 0 aliphatic carbocycles. The molecule has 10 heteroatoms. The van der Waals surface area contributed by atoms with Gasteiger partial charge in [0.05, 0.1) is 18.3 Å². The van der Waals surface area contributed by atoms with Gasteiger partial charge in [-0.15, -0.1) is 5.10 Å². The SMILES string of the molecule is CCc1ccncc1-c1cc([C@H]2CCCN(C(=O)CCn3ccnn3)C2)c(F)c2[nH]c(C(=O)O)cc12. The quantitative estimate of drug-likeness (QED) is 0.404. The molecule has 5 rings (SSSR count). The molecular weight excluding hydrogens is 463 g/mol. The second-order valence-electron chi connectivity index (χ2n) is 9.09. The maximum atomic E-state index is 15.9. The van der Waals surface area contributed by atoms with Crippen LogP contribution in [0.2, 0.25) is 0 Å². The molecule has 186 valence electrons. The number of carboxylic acid groups (broad SMARTS) is 1. The first kappa shape index (κ1) is 23.7. The lowest BCUT2D eigenvalue weighted by Crippen LogP contribution is -2.39. The summed E-state index contributed by atoms with van der Waals surface area (Å²) in [6.07, 6.45) is 9.26. The molecule has 0 unspecified atom stereocenters. The molecule has 0 bridgehead atoms. The molecule has 1 fully saturated rings. The molecule has 0 radical (unpaired) electrons. The molecule has 0 saturated carbocycles. The monoisotopic (exact) mass is 490 g/mol. The number of hydrogen-bond donors (Lipinski definition) is 2. The van der Waals surface area contributed by atoms with Crippen molar-refractivity contribution in [2.75, 3.05) is 13.1 Å². The van der Waals surface area contributed by atoms with Gasteiger partial charge in [0.2, 0.25) is 5.91 Å². The fourth-order valence-corrected chi connectivity index (χ4v) is 5.07. The maximum absolute atomic E-state index is 15.9. The van der Waals surface area contributed by atoms with Gasteiger partial charge in [-0.1, -0.05) is 12.1 Å². The van der Waals surface area contributed by atoms with E-state index >= 15 is 4.39 Å². The molecule has 1 aromatic carbocycles. The Morgan fingerprint density at radius 2 is 2.11 bits per heavy atom. The Balaban J connectivity index is 1.52. The molecule has 1 aliphatic rings. The summed E-state index contributed by atoms with van der Waals surface area (Å²) >= 11 is 0. The van der Waals surface area contributed by atoms with Crippen LogP contribution in [-0.4, -0.2) is 59.9 Å². The van der Waals surface area contributed by atoms with Crippen LogP contribution >= 0.6 is 0 Å². The highest BCUT2D eigenvalue weighted by Crippen LogP contribution is 2.39. The standard InChI is InChI=1S/C26H27FN6O3/c1-2-16-5-7-28-14-21(16)19-12-18(24(27)25-20(19)13-22(30-25)26(35)36)17-4-3-9-32(15-17)23(34)6-10-33-11-8-29-31-33/h5,7-8,11-14,17,30H,2-4,6,9-10,15H2,1H3,(H,35,36)/t17-/m0/s1. The number of aryl methyl sites for hydroxylation is 2. The summed E-state index contributed by atoms with van der Waals surface area (Å²) in [6.45, 7) is 3.49. The van der Waals surface area contributed by atoms with E-state index in [9.17, 15) is 14.7 Å². The Morgan fingerprint density at radius 1 is 1.25 bits per heavy atom. The number of likely N-dealkylation sites (tertiary alicyclic amines) is 1.